The van der Waals surface area contributed by atoms with Crippen molar-refractivity contribution in [1.29, 1.82) is 0 Å². The molecule has 1 fully saturated rings. The van der Waals surface area contributed by atoms with E-state index in [1.54, 1.807) is 38.5 Å². The van der Waals surface area contributed by atoms with Gasteiger partial charge in [-0.15, -0.1) is 0 Å². The first-order chi connectivity index (χ1) is 16.6. The van der Waals surface area contributed by atoms with E-state index in [9.17, 15) is 9.59 Å². The summed E-state index contributed by atoms with van der Waals surface area (Å²) in [6.07, 6.45) is 0.947. The second-order valence-electron chi connectivity index (χ2n) is 8.39. The fourth-order valence-electron chi connectivity index (χ4n) is 4.63. The largest absolute Gasteiger partial charge is 0.493 e. The van der Waals surface area contributed by atoms with Crippen LogP contribution in [0, 0.1) is 0 Å². The van der Waals surface area contributed by atoms with Gasteiger partial charge in [0.1, 0.15) is 11.5 Å². The predicted molar refractivity (Wildman–Crippen MR) is 128 cm³/mol. The summed E-state index contributed by atoms with van der Waals surface area (Å²) < 4.78 is 16.7. The Bertz CT molecular complexity index is 1210. The monoisotopic (exact) mass is 458 g/mol. The molecule has 0 aromatic heterocycles. The Hall–Kier alpha value is -3.84. The minimum Gasteiger partial charge on any atom is -0.493 e. The molecule has 5 rings (SSSR count). The number of para-hydroxylation sites is 1. The van der Waals surface area contributed by atoms with Gasteiger partial charge in [0.25, 0.3) is 5.91 Å². The van der Waals surface area contributed by atoms with E-state index in [1.165, 1.54) is 10.5 Å². The smallest absolute Gasteiger partial charge is 0.251 e. The first-order valence-corrected chi connectivity index (χ1v) is 11.2. The fraction of sp³-hybridized carbons (Fsp3) is 0.259. The molecule has 7 heteroatoms. The van der Waals surface area contributed by atoms with Gasteiger partial charge in [0.15, 0.2) is 11.5 Å². The van der Waals surface area contributed by atoms with Gasteiger partial charge in [0.2, 0.25) is 5.91 Å². The lowest BCUT2D eigenvalue weighted by atomic mass is 9.97. The summed E-state index contributed by atoms with van der Waals surface area (Å²) >= 11 is 0. The van der Waals surface area contributed by atoms with Crippen molar-refractivity contribution in [2.75, 3.05) is 25.7 Å². The number of ether oxygens (including phenoxy) is 3. The number of imide groups is 1. The number of carbonyl (C=O) groups is 2. The molecular formula is C27H26N2O5. The van der Waals surface area contributed by atoms with Gasteiger partial charge in [-0.25, -0.2) is 4.90 Å². The summed E-state index contributed by atoms with van der Waals surface area (Å²) in [5, 5.41) is 0. The van der Waals surface area contributed by atoms with Crippen LogP contribution in [-0.2, 0) is 22.6 Å². The normalized spacial score (nSPS) is 18.1. The summed E-state index contributed by atoms with van der Waals surface area (Å²) in [4.78, 5) is 29.5. The Balaban J connectivity index is 1.31. The lowest BCUT2D eigenvalue weighted by molar-refractivity contribution is -0.123. The average Bonchev–Trinajstić information content (AvgIpc) is 3.17. The number of hydrogen-bond donors (Lipinski definition) is 0. The molecular weight excluding hydrogens is 432 g/mol. The van der Waals surface area contributed by atoms with Crippen molar-refractivity contribution >= 4 is 17.5 Å². The van der Waals surface area contributed by atoms with Gasteiger partial charge in [0.05, 0.1) is 32.4 Å². The molecule has 7 nitrogen and oxygen atoms in total. The number of fused-ring (bicyclic) bond motifs is 1. The van der Waals surface area contributed by atoms with Gasteiger partial charge in [-0.1, -0.05) is 18.2 Å². The number of amides is 2. The summed E-state index contributed by atoms with van der Waals surface area (Å²) in [6, 6.07) is 20.0. The second-order valence-corrected chi connectivity index (χ2v) is 8.39. The fourth-order valence-corrected chi connectivity index (χ4v) is 4.63. The van der Waals surface area contributed by atoms with Crippen molar-refractivity contribution < 1.29 is 23.8 Å². The van der Waals surface area contributed by atoms with E-state index in [0.717, 1.165) is 17.7 Å². The molecule has 2 amide bonds. The van der Waals surface area contributed by atoms with E-state index in [2.05, 4.69) is 4.90 Å². The van der Waals surface area contributed by atoms with Crippen LogP contribution in [0.2, 0.25) is 0 Å². The molecule has 0 N–H and O–H groups in total. The number of hydrogen-bond acceptors (Lipinski definition) is 6. The molecule has 0 aliphatic carbocycles. The lowest BCUT2D eigenvalue weighted by Crippen LogP contribution is -2.44. The van der Waals surface area contributed by atoms with E-state index in [1.807, 2.05) is 42.5 Å². The number of anilines is 1. The Kier molecular flexibility index (Phi) is 5.94. The molecule has 2 aliphatic heterocycles. The Morgan fingerprint density at radius 1 is 0.824 bits per heavy atom. The van der Waals surface area contributed by atoms with Gasteiger partial charge in [-0.05, 0) is 66.1 Å². The van der Waals surface area contributed by atoms with Crippen molar-refractivity contribution in [2.24, 2.45) is 0 Å². The first kappa shape index (κ1) is 22.0. The van der Waals surface area contributed by atoms with E-state index in [4.69, 9.17) is 14.2 Å². The molecule has 1 saturated heterocycles. The third-order valence-electron chi connectivity index (χ3n) is 6.38. The number of carbonyl (C=O) groups excluding carboxylic acids is 2. The third kappa shape index (κ3) is 4.10. The van der Waals surface area contributed by atoms with Crippen molar-refractivity contribution in [3.8, 4) is 23.0 Å². The molecule has 0 spiro atoms. The van der Waals surface area contributed by atoms with Crippen LogP contribution in [0.5, 0.6) is 23.0 Å². The first-order valence-electron chi connectivity index (χ1n) is 11.2. The van der Waals surface area contributed by atoms with Crippen LogP contribution in [0.3, 0.4) is 0 Å². The quantitative estimate of drug-likeness (QED) is 0.516. The molecule has 174 valence electrons. The van der Waals surface area contributed by atoms with Crippen LogP contribution in [-0.4, -0.2) is 43.5 Å². The van der Waals surface area contributed by atoms with Crippen LogP contribution in [0.25, 0.3) is 0 Å². The average molecular weight is 459 g/mol. The van der Waals surface area contributed by atoms with Crippen LogP contribution < -0.4 is 19.1 Å². The van der Waals surface area contributed by atoms with E-state index in [0.29, 0.717) is 36.0 Å². The zero-order chi connectivity index (χ0) is 23.7. The van der Waals surface area contributed by atoms with E-state index < -0.39 is 6.04 Å². The summed E-state index contributed by atoms with van der Waals surface area (Å²) in [5.41, 5.74) is 2.82. The summed E-state index contributed by atoms with van der Waals surface area (Å²) in [7, 11) is 3.23. The number of nitrogens with zero attached hydrogens (tertiary/aromatic N) is 2. The maximum atomic E-state index is 13.3. The van der Waals surface area contributed by atoms with Crippen molar-refractivity contribution in [1.82, 2.24) is 4.90 Å². The van der Waals surface area contributed by atoms with Gasteiger partial charge < -0.3 is 14.2 Å². The zero-order valence-electron chi connectivity index (χ0n) is 19.2. The maximum absolute atomic E-state index is 13.3. The second kappa shape index (κ2) is 9.19. The van der Waals surface area contributed by atoms with Crippen molar-refractivity contribution in [3.63, 3.8) is 0 Å². The van der Waals surface area contributed by atoms with Crippen LogP contribution >= 0.6 is 0 Å². The molecule has 3 aromatic carbocycles. The molecule has 2 aliphatic rings. The molecule has 0 bridgehead atoms. The Labute approximate surface area is 198 Å². The molecule has 3 aromatic rings. The third-order valence-corrected chi connectivity index (χ3v) is 6.38. The highest BCUT2D eigenvalue weighted by Gasteiger charge is 2.43. The molecule has 1 atom stereocenters. The maximum Gasteiger partial charge on any atom is 0.251 e. The van der Waals surface area contributed by atoms with Crippen LogP contribution in [0.15, 0.2) is 66.7 Å². The number of rotatable bonds is 6. The highest BCUT2D eigenvalue weighted by Crippen LogP contribution is 2.35. The minimum atomic E-state index is -0.478. The van der Waals surface area contributed by atoms with Gasteiger partial charge in [0, 0.05) is 13.1 Å². The SMILES string of the molecule is COc1cc2c(cc1OC)CN([C@@H]1CC(=O)N(c3ccc(Oc4ccccc4)cc3)C1=O)CC2. The van der Waals surface area contributed by atoms with Gasteiger partial charge in [-0.2, -0.15) is 0 Å². The highest BCUT2D eigenvalue weighted by molar-refractivity contribution is 6.22. The lowest BCUT2D eigenvalue weighted by Gasteiger charge is -2.32. The predicted octanol–water partition coefficient (Wildman–Crippen LogP) is 4.19. The minimum absolute atomic E-state index is 0.170. The van der Waals surface area contributed by atoms with Gasteiger partial charge >= 0.3 is 0 Å². The molecule has 0 radical (unpaired) electrons. The molecule has 0 saturated carbocycles. The number of benzene rings is 3. The summed E-state index contributed by atoms with van der Waals surface area (Å²) in [5.74, 6) is 2.35. The van der Waals surface area contributed by atoms with E-state index >= 15 is 0 Å². The topological polar surface area (TPSA) is 68.3 Å². The van der Waals surface area contributed by atoms with E-state index in [-0.39, 0.29) is 18.2 Å². The number of methoxy groups -OCH3 is 2. The van der Waals surface area contributed by atoms with Gasteiger partial charge in [-0.3, -0.25) is 14.5 Å². The zero-order valence-corrected chi connectivity index (χ0v) is 19.2. The summed E-state index contributed by atoms with van der Waals surface area (Å²) in [6.45, 7) is 1.28. The van der Waals surface area contributed by atoms with Crippen molar-refractivity contribution in [2.45, 2.75) is 25.4 Å². The van der Waals surface area contributed by atoms with Crippen molar-refractivity contribution in [3.05, 3.63) is 77.9 Å². The van der Waals surface area contributed by atoms with Crippen LogP contribution in [0.4, 0.5) is 5.69 Å². The highest BCUT2D eigenvalue weighted by atomic mass is 16.5. The molecule has 0 unspecified atom stereocenters. The standard InChI is InChI=1S/C27H26N2O5/c1-32-24-14-18-12-13-28(17-19(18)15-25(24)33-2)23-16-26(30)29(27(23)31)20-8-10-22(11-9-20)34-21-6-4-3-5-7-21/h3-11,14-15,23H,12-13,16-17H2,1-2H3/t23-/m1/s1. The van der Waals surface area contributed by atoms with Crippen LogP contribution in [0.1, 0.15) is 17.5 Å². The molecule has 2 heterocycles. The Morgan fingerprint density at radius 3 is 2.15 bits per heavy atom. The Morgan fingerprint density at radius 2 is 1.47 bits per heavy atom. The molecule has 34 heavy (non-hydrogen) atoms.